The van der Waals surface area contributed by atoms with Gasteiger partial charge in [0.15, 0.2) is 0 Å². The molecule has 0 spiro atoms. The van der Waals surface area contributed by atoms with Gasteiger partial charge in [-0.25, -0.2) is 4.79 Å². The summed E-state index contributed by atoms with van der Waals surface area (Å²) >= 11 is 0. The maximum absolute atomic E-state index is 11.7. The molecular weight excluding hydrogens is 282 g/mol. The molecule has 1 rings (SSSR count). The van der Waals surface area contributed by atoms with E-state index in [0.717, 1.165) is 31.2 Å². The zero-order valence-electron chi connectivity index (χ0n) is 13.1. The summed E-state index contributed by atoms with van der Waals surface area (Å²) in [6.07, 6.45) is 4.42. The number of ether oxygens (including phenoxy) is 1. The number of carbonyl (C=O) groups is 2. The van der Waals surface area contributed by atoms with Crippen LogP contribution in [0.2, 0.25) is 0 Å². The van der Waals surface area contributed by atoms with Gasteiger partial charge < -0.3 is 15.2 Å². The monoisotopic (exact) mass is 307 g/mol. The third-order valence-corrected chi connectivity index (χ3v) is 3.32. The van der Waals surface area contributed by atoms with Crippen molar-refractivity contribution in [2.45, 2.75) is 51.7 Å². The van der Waals surface area contributed by atoms with Crippen LogP contribution < -0.4 is 5.32 Å². The van der Waals surface area contributed by atoms with Gasteiger partial charge in [-0.2, -0.15) is 0 Å². The third-order valence-electron chi connectivity index (χ3n) is 3.32. The molecule has 0 saturated carbocycles. The van der Waals surface area contributed by atoms with Crippen molar-refractivity contribution in [3.8, 4) is 0 Å². The van der Waals surface area contributed by atoms with Crippen LogP contribution in [0.1, 0.15) is 44.6 Å². The summed E-state index contributed by atoms with van der Waals surface area (Å²) < 4.78 is 5.30. The summed E-state index contributed by atoms with van der Waals surface area (Å²) in [5.74, 6) is -1.38. The van der Waals surface area contributed by atoms with Gasteiger partial charge in [-0.3, -0.25) is 4.79 Å². The zero-order chi connectivity index (χ0) is 16.2. The molecule has 0 unspecified atom stereocenters. The van der Waals surface area contributed by atoms with E-state index in [1.165, 1.54) is 0 Å². The van der Waals surface area contributed by atoms with E-state index < -0.39 is 12.0 Å². The molecule has 0 saturated heterocycles. The lowest BCUT2D eigenvalue weighted by Crippen LogP contribution is -2.42. The van der Waals surface area contributed by atoms with Crippen LogP contribution >= 0.6 is 0 Å². The van der Waals surface area contributed by atoms with E-state index in [2.05, 4.69) is 12.2 Å². The van der Waals surface area contributed by atoms with Gasteiger partial charge in [0, 0.05) is 0 Å². The first-order valence-corrected chi connectivity index (χ1v) is 7.77. The van der Waals surface area contributed by atoms with Gasteiger partial charge in [0.05, 0.1) is 6.61 Å². The Kier molecular flexibility index (Phi) is 8.91. The zero-order valence-corrected chi connectivity index (χ0v) is 13.1. The molecule has 5 nitrogen and oxygen atoms in total. The van der Waals surface area contributed by atoms with Crippen molar-refractivity contribution in [1.82, 2.24) is 5.32 Å². The van der Waals surface area contributed by atoms with Crippen molar-refractivity contribution in [2.24, 2.45) is 0 Å². The first-order chi connectivity index (χ1) is 10.6. The van der Waals surface area contributed by atoms with Crippen LogP contribution in [-0.2, 0) is 20.9 Å². The van der Waals surface area contributed by atoms with Crippen LogP contribution in [0, 0.1) is 0 Å². The predicted octanol–water partition coefficient (Wildman–Crippen LogP) is 2.74. The van der Waals surface area contributed by atoms with Crippen LogP contribution in [0.4, 0.5) is 0 Å². The van der Waals surface area contributed by atoms with E-state index in [4.69, 9.17) is 9.84 Å². The molecule has 1 aromatic carbocycles. The number of rotatable bonds is 11. The molecule has 0 radical (unpaired) electrons. The Morgan fingerprint density at radius 1 is 1.18 bits per heavy atom. The predicted molar refractivity (Wildman–Crippen MR) is 84.4 cm³/mol. The standard InChI is InChI=1S/C17H25NO4/c1-2-3-4-8-11-15(17(20)21)18-16(19)13-22-12-14-9-6-5-7-10-14/h5-7,9-10,15H,2-4,8,11-13H2,1H3,(H,18,19)(H,20,21)/t15-/m1/s1. The highest BCUT2D eigenvalue weighted by molar-refractivity contribution is 5.84. The number of hydrogen-bond donors (Lipinski definition) is 2. The number of hydrogen-bond acceptors (Lipinski definition) is 3. The second-order valence-electron chi connectivity index (χ2n) is 5.29. The Labute approximate surface area is 131 Å². The van der Waals surface area contributed by atoms with Crippen molar-refractivity contribution in [3.63, 3.8) is 0 Å². The molecule has 0 aliphatic carbocycles. The minimum absolute atomic E-state index is 0.131. The number of amides is 1. The van der Waals surface area contributed by atoms with Crippen LogP contribution in [-0.4, -0.2) is 29.6 Å². The number of benzene rings is 1. The first kappa shape index (κ1) is 18.2. The van der Waals surface area contributed by atoms with Gasteiger partial charge in [-0.05, 0) is 12.0 Å². The fraction of sp³-hybridized carbons (Fsp3) is 0.529. The smallest absolute Gasteiger partial charge is 0.326 e. The van der Waals surface area contributed by atoms with Gasteiger partial charge in [0.1, 0.15) is 12.6 Å². The topological polar surface area (TPSA) is 75.6 Å². The SMILES string of the molecule is CCCCCC[C@@H](NC(=O)COCc1ccccc1)C(=O)O. The quantitative estimate of drug-likeness (QED) is 0.616. The van der Waals surface area contributed by atoms with E-state index >= 15 is 0 Å². The maximum Gasteiger partial charge on any atom is 0.326 e. The molecule has 0 aliphatic rings. The second kappa shape index (κ2) is 10.8. The minimum atomic E-state index is -0.993. The molecule has 122 valence electrons. The van der Waals surface area contributed by atoms with Gasteiger partial charge >= 0.3 is 5.97 Å². The average Bonchev–Trinajstić information content (AvgIpc) is 2.51. The Bertz CT molecular complexity index is 447. The van der Waals surface area contributed by atoms with Gasteiger partial charge in [0.25, 0.3) is 0 Å². The molecule has 22 heavy (non-hydrogen) atoms. The Balaban J connectivity index is 2.26. The lowest BCUT2D eigenvalue weighted by atomic mass is 10.1. The molecule has 5 heteroatoms. The lowest BCUT2D eigenvalue weighted by molar-refractivity contribution is -0.142. The van der Waals surface area contributed by atoms with E-state index in [1.807, 2.05) is 30.3 Å². The van der Waals surface area contributed by atoms with E-state index in [0.29, 0.717) is 13.0 Å². The van der Waals surface area contributed by atoms with Crippen LogP contribution in [0.15, 0.2) is 30.3 Å². The Hall–Kier alpha value is -1.88. The highest BCUT2D eigenvalue weighted by Crippen LogP contribution is 2.06. The molecule has 0 bridgehead atoms. The molecule has 1 atom stereocenters. The molecule has 0 fully saturated rings. The van der Waals surface area contributed by atoms with E-state index in [1.54, 1.807) is 0 Å². The Morgan fingerprint density at radius 2 is 1.91 bits per heavy atom. The van der Waals surface area contributed by atoms with Gasteiger partial charge in [-0.15, -0.1) is 0 Å². The van der Waals surface area contributed by atoms with Crippen molar-refractivity contribution in [1.29, 1.82) is 0 Å². The second-order valence-corrected chi connectivity index (χ2v) is 5.29. The fourth-order valence-corrected chi connectivity index (χ4v) is 2.10. The summed E-state index contributed by atoms with van der Waals surface area (Å²) in [6, 6.07) is 8.69. The highest BCUT2D eigenvalue weighted by atomic mass is 16.5. The lowest BCUT2D eigenvalue weighted by Gasteiger charge is -2.14. The Morgan fingerprint density at radius 3 is 2.55 bits per heavy atom. The van der Waals surface area contributed by atoms with Crippen molar-refractivity contribution < 1.29 is 19.4 Å². The van der Waals surface area contributed by atoms with Crippen LogP contribution in [0.25, 0.3) is 0 Å². The normalized spacial score (nSPS) is 11.9. The summed E-state index contributed by atoms with van der Waals surface area (Å²) in [4.78, 5) is 22.9. The number of carboxylic acids is 1. The van der Waals surface area contributed by atoms with E-state index in [-0.39, 0.29) is 12.5 Å². The number of carbonyl (C=O) groups excluding carboxylic acids is 1. The molecule has 0 aromatic heterocycles. The molecule has 0 aliphatic heterocycles. The maximum atomic E-state index is 11.7. The van der Waals surface area contributed by atoms with Gasteiger partial charge in [0.2, 0.25) is 5.91 Å². The molecule has 0 heterocycles. The number of carboxylic acid groups (broad SMARTS) is 1. The summed E-state index contributed by atoms with van der Waals surface area (Å²) in [7, 11) is 0. The van der Waals surface area contributed by atoms with E-state index in [9.17, 15) is 9.59 Å². The average molecular weight is 307 g/mol. The summed E-state index contributed by atoms with van der Waals surface area (Å²) in [5.41, 5.74) is 0.977. The number of aliphatic carboxylic acids is 1. The molecule has 1 aromatic rings. The minimum Gasteiger partial charge on any atom is -0.480 e. The largest absolute Gasteiger partial charge is 0.480 e. The highest BCUT2D eigenvalue weighted by Gasteiger charge is 2.19. The van der Waals surface area contributed by atoms with Gasteiger partial charge in [-0.1, -0.05) is 62.9 Å². The fourth-order valence-electron chi connectivity index (χ4n) is 2.10. The molecular formula is C17H25NO4. The molecule has 1 amide bonds. The number of nitrogens with one attached hydrogen (secondary N) is 1. The molecule has 2 N–H and O–H groups in total. The third kappa shape index (κ3) is 7.78. The first-order valence-electron chi connectivity index (χ1n) is 7.77. The van der Waals surface area contributed by atoms with Crippen molar-refractivity contribution >= 4 is 11.9 Å². The summed E-state index contributed by atoms with van der Waals surface area (Å²) in [6.45, 7) is 2.30. The van der Waals surface area contributed by atoms with Crippen molar-refractivity contribution in [3.05, 3.63) is 35.9 Å². The number of unbranched alkanes of at least 4 members (excludes halogenated alkanes) is 3. The summed E-state index contributed by atoms with van der Waals surface area (Å²) in [5, 5.41) is 11.6. The van der Waals surface area contributed by atoms with Crippen molar-refractivity contribution in [2.75, 3.05) is 6.61 Å². The van der Waals surface area contributed by atoms with Crippen LogP contribution in [0.3, 0.4) is 0 Å². The van der Waals surface area contributed by atoms with Crippen LogP contribution in [0.5, 0.6) is 0 Å².